The highest BCUT2D eigenvalue weighted by molar-refractivity contribution is 5.86. The van der Waals surface area contributed by atoms with Crippen molar-refractivity contribution in [3.63, 3.8) is 0 Å². The first kappa shape index (κ1) is 22.7. The summed E-state index contributed by atoms with van der Waals surface area (Å²) in [6.07, 6.45) is 24.0. The highest BCUT2D eigenvalue weighted by atomic mass is 16.6. The van der Waals surface area contributed by atoms with Gasteiger partial charge in [0.25, 0.3) is 5.91 Å². The number of carbonyl (C=O) groups excluding carboxylic acids is 1. The van der Waals surface area contributed by atoms with E-state index in [2.05, 4.69) is 17.6 Å². The van der Waals surface area contributed by atoms with Crippen LogP contribution in [0.1, 0.15) is 122 Å². The lowest BCUT2D eigenvalue weighted by molar-refractivity contribution is -0.197. The molecule has 3 aliphatic rings. The zero-order valence-corrected chi connectivity index (χ0v) is 17.8. The first-order chi connectivity index (χ1) is 13.3. The van der Waals surface area contributed by atoms with Gasteiger partial charge >= 0.3 is 0 Å². The Morgan fingerprint density at radius 3 is 1.70 bits per heavy atom. The minimum atomic E-state index is -0.667. The third kappa shape index (κ3) is 8.51. The third-order valence-corrected chi connectivity index (χ3v) is 6.18. The Labute approximate surface area is 167 Å². The SMILES string of the molecule is CCCCCCCCCCCCCCCCCCNC(=O)C12CCC(N1)O2. The van der Waals surface area contributed by atoms with Gasteiger partial charge < -0.3 is 10.1 Å². The highest BCUT2D eigenvalue weighted by Crippen LogP contribution is 2.37. The predicted molar refractivity (Wildman–Crippen MR) is 113 cm³/mol. The van der Waals surface area contributed by atoms with Gasteiger partial charge in [-0.2, -0.15) is 0 Å². The van der Waals surface area contributed by atoms with E-state index >= 15 is 0 Å². The topological polar surface area (TPSA) is 50.4 Å². The Balaban J connectivity index is 1.24. The van der Waals surface area contributed by atoms with Crippen LogP contribution in [0.3, 0.4) is 0 Å². The Morgan fingerprint density at radius 1 is 0.852 bits per heavy atom. The van der Waals surface area contributed by atoms with Crippen molar-refractivity contribution in [3.8, 4) is 0 Å². The van der Waals surface area contributed by atoms with Crippen molar-refractivity contribution < 1.29 is 9.53 Å². The largest absolute Gasteiger partial charge is 0.352 e. The molecule has 2 bridgehead atoms. The Kier molecular flexibility index (Phi) is 11.4. The Hall–Kier alpha value is -0.610. The maximum atomic E-state index is 12.1. The van der Waals surface area contributed by atoms with Crippen LogP contribution in [-0.2, 0) is 9.53 Å². The van der Waals surface area contributed by atoms with Crippen LogP contribution in [0.2, 0.25) is 0 Å². The molecule has 2 unspecified atom stereocenters. The van der Waals surface area contributed by atoms with Crippen LogP contribution < -0.4 is 10.6 Å². The highest BCUT2D eigenvalue weighted by Gasteiger charge is 2.56. The van der Waals surface area contributed by atoms with E-state index in [9.17, 15) is 4.79 Å². The Morgan fingerprint density at radius 2 is 1.30 bits per heavy atom. The summed E-state index contributed by atoms with van der Waals surface area (Å²) in [4.78, 5) is 12.1. The average Bonchev–Trinajstić information content (AvgIpc) is 3.26. The summed E-state index contributed by atoms with van der Waals surface area (Å²) < 4.78 is 5.56. The van der Waals surface area contributed by atoms with Gasteiger partial charge in [0.15, 0.2) is 0 Å². The molecule has 2 atom stereocenters. The molecule has 0 aromatic heterocycles. The molecule has 0 aromatic rings. The molecule has 3 rings (SSSR count). The van der Waals surface area contributed by atoms with E-state index in [0.29, 0.717) is 0 Å². The predicted octanol–water partition coefficient (Wildman–Crippen LogP) is 5.80. The second kappa shape index (κ2) is 13.5. The fourth-order valence-electron chi connectivity index (χ4n) is 4.36. The molecular weight excluding hydrogens is 336 g/mol. The number of hydrogen-bond acceptors (Lipinski definition) is 3. The maximum Gasteiger partial charge on any atom is 0.267 e. The summed E-state index contributed by atoms with van der Waals surface area (Å²) in [5.41, 5.74) is -0.667. The molecule has 3 fully saturated rings. The van der Waals surface area contributed by atoms with E-state index in [4.69, 9.17) is 4.74 Å². The second-order valence-electron chi connectivity index (χ2n) is 8.68. The summed E-state index contributed by atoms with van der Waals surface area (Å²) in [5.74, 6) is 0.0391. The average molecular weight is 381 g/mol. The lowest BCUT2D eigenvalue weighted by Crippen LogP contribution is -2.66. The summed E-state index contributed by atoms with van der Waals surface area (Å²) in [6.45, 7) is 3.07. The van der Waals surface area contributed by atoms with E-state index < -0.39 is 5.72 Å². The van der Waals surface area contributed by atoms with Crippen LogP contribution in [0.15, 0.2) is 0 Å². The smallest absolute Gasteiger partial charge is 0.267 e. The molecule has 3 heterocycles. The minimum absolute atomic E-state index is 0.0391. The van der Waals surface area contributed by atoms with Crippen molar-refractivity contribution in [2.24, 2.45) is 0 Å². The number of carbonyl (C=O) groups is 1. The van der Waals surface area contributed by atoms with E-state index in [1.807, 2.05) is 0 Å². The number of rotatable bonds is 18. The van der Waals surface area contributed by atoms with Crippen LogP contribution in [0.5, 0.6) is 0 Å². The maximum absolute atomic E-state index is 12.1. The summed E-state index contributed by atoms with van der Waals surface area (Å²) in [5, 5.41) is 6.23. The van der Waals surface area contributed by atoms with Crippen LogP contribution in [0.25, 0.3) is 0 Å². The molecule has 0 aromatic carbocycles. The Bertz CT molecular complexity index is 388. The van der Waals surface area contributed by atoms with Gasteiger partial charge in [0.2, 0.25) is 5.72 Å². The van der Waals surface area contributed by atoms with Gasteiger partial charge in [0.05, 0.1) is 0 Å². The standard InChI is InChI=1S/C23H44N2O2/c1-2-3-4-5-6-7-8-9-10-11-12-13-14-15-16-17-20-24-22(26)23-19-18-21(25-23)27-23/h21,25H,2-20H2,1H3,(H,24,26). The van der Waals surface area contributed by atoms with Crippen LogP contribution >= 0.6 is 0 Å². The van der Waals surface area contributed by atoms with Crippen LogP contribution in [0.4, 0.5) is 0 Å². The molecule has 4 heteroatoms. The molecule has 2 N–H and O–H groups in total. The van der Waals surface area contributed by atoms with Gasteiger partial charge in [-0.15, -0.1) is 0 Å². The molecule has 3 saturated heterocycles. The number of hydrogen-bond donors (Lipinski definition) is 2. The monoisotopic (exact) mass is 380 g/mol. The van der Waals surface area contributed by atoms with Gasteiger partial charge in [0, 0.05) is 13.0 Å². The first-order valence-electron chi connectivity index (χ1n) is 12.0. The molecule has 3 aliphatic heterocycles. The van der Waals surface area contributed by atoms with Gasteiger partial charge in [-0.3, -0.25) is 10.1 Å². The number of unbranched alkanes of at least 4 members (excludes halogenated alkanes) is 15. The molecule has 0 radical (unpaired) electrons. The number of ether oxygens (including phenoxy) is 1. The van der Waals surface area contributed by atoms with Crippen molar-refractivity contribution in [2.75, 3.05) is 6.54 Å². The van der Waals surface area contributed by atoms with Crippen molar-refractivity contribution >= 4 is 5.91 Å². The number of amides is 1. The first-order valence-corrected chi connectivity index (χ1v) is 12.0. The van der Waals surface area contributed by atoms with Gasteiger partial charge in [-0.25, -0.2) is 0 Å². The molecule has 0 saturated carbocycles. The second-order valence-corrected chi connectivity index (χ2v) is 8.68. The van der Waals surface area contributed by atoms with Crippen molar-refractivity contribution in [1.29, 1.82) is 0 Å². The van der Waals surface area contributed by atoms with Crippen LogP contribution in [0, 0.1) is 0 Å². The van der Waals surface area contributed by atoms with Crippen LogP contribution in [-0.4, -0.2) is 24.4 Å². The zero-order chi connectivity index (χ0) is 19.2. The van der Waals surface area contributed by atoms with E-state index in [1.165, 1.54) is 96.3 Å². The number of fused-ring (bicyclic) bond motifs is 1. The van der Waals surface area contributed by atoms with Gasteiger partial charge in [-0.1, -0.05) is 103 Å². The molecule has 4 nitrogen and oxygen atoms in total. The molecule has 158 valence electrons. The fraction of sp³-hybridized carbons (Fsp3) is 0.957. The minimum Gasteiger partial charge on any atom is -0.352 e. The summed E-state index contributed by atoms with van der Waals surface area (Å²) >= 11 is 0. The van der Waals surface area contributed by atoms with E-state index in [0.717, 1.165) is 25.8 Å². The normalized spacial score (nSPS) is 23.4. The molecule has 0 spiro atoms. The van der Waals surface area contributed by atoms with Gasteiger partial charge in [-0.05, 0) is 12.8 Å². The summed E-state index contributed by atoms with van der Waals surface area (Å²) in [6, 6.07) is 0. The quantitative estimate of drug-likeness (QED) is 0.295. The lowest BCUT2D eigenvalue weighted by Gasteiger charge is -2.38. The van der Waals surface area contributed by atoms with Gasteiger partial charge in [0.1, 0.15) is 6.23 Å². The zero-order valence-electron chi connectivity index (χ0n) is 17.8. The van der Waals surface area contributed by atoms with Crippen molar-refractivity contribution in [1.82, 2.24) is 10.6 Å². The molecule has 0 aliphatic carbocycles. The number of nitrogens with one attached hydrogen (secondary N) is 2. The molecule has 27 heavy (non-hydrogen) atoms. The van der Waals surface area contributed by atoms with E-state index in [-0.39, 0.29) is 12.1 Å². The van der Waals surface area contributed by atoms with Crippen molar-refractivity contribution in [3.05, 3.63) is 0 Å². The summed E-state index contributed by atoms with van der Waals surface area (Å²) in [7, 11) is 0. The fourth-order valence-corrected chi connectivity index (χ4v) is 4.36. The molecular formula is C23H44N2O2. The molecule has 1 amide bonds. The van der Waals surface area contributed by atoms with Crippen molar-refractivity contribution in [2.45, 2.75) is 134 Å². The third-order valence-electron chi connectivity index (χ3n) is 6.18. The lowest BCUT2D eigenvalue weighted by atomic mass is 10.0. The van der Waals surface area contributed by atoms with E-state index in [1.54, 1.807) is 0 Å².